The first kappa shape index (κ1) is 12.0. The Morgan fingerprint density at radius 2 is 1.58 bits per heavy atom. The zero-order valence-electron chi connectivity index (χ0n) is 11.5. The zero-order valence-corrected chi connectivity index (χ0v) is 11.5. The van der Waals surface area contributed by atoms with Gasteiger partial charge in [0.05, 0.1) is 5.56 Å². The predicted octanol–water partition coefficient (Wildman–Crippen LogP) is 3.00. The topological polar surface area (TPSA) is 15.0 Å². The van der Waals surface area contributed by atoms with E-state index in [4.69, 9.17) is 0 Å². The van der Waals surface area contributed by atoms with Gasteiger partial charge >= 0.3 is 0 Å². The Balaban J connectivity index is 2.17. The number of rotatable bonds is 2. The Labute approximate surface area is 114 Å². The van der Waals surface area contributed by atoms with E-state index in [2.05, 4.69) is 72.3 Å². The summed E-state index contributed by atoms with van der Waals surface area (Å²) in [5.41, 5.74) is 5.25. The molecule has 2 nitrogen and oxygen atoms in total. The molecule has 0 atom stereocenters. The molecular formula is C17H19N2+. The second-order valence-corrected chi connectivity index (χ2v) is 5.03. The molecule has 0 fully saturated rings. The molecule has 2 aromatic carbocycles. The van der Waals surface area contributed by atoms with Gasteiger partial charge in [-0.3, -0.25) is 5.32 Å². The van der Waals surface area contributed by atoms with Crippen molar-refractivity contribution in [1.29, 1.82) is 0 Å². The largest absolute Gasteiger partial charge is 0.282 e. The highest BCUT2D eigenvalue weighted by atomic mass is 15.2. The zero-order chi connectivity index (χ0) is 13.2. The summed E-state index contributed by atoms with van der Waals surface area (Å²) in [4.78, 5) is 0. The lowest BCUT2D eigenvalue weighted by atomic mass is 10.1. The van der Waals surface area contributed by atoms with E-state index >= 15 is 0 Å². The first-order valence-corrected chi connectivity index (χ1v) is 6.77. The van der Waals surface area contributed by atoms with Crippen LogP contribution in [0, 0.1) is 13.8 Å². The molecule has 0 saturated heterocycles. The van der Waals surface area contributed by atoms with Gasteiger partial charge in [0.15, 0.2) is 0 Å². The van der Waals surface area contributed by atoms with E-state index in [9.17, 15) is 0 Å². The predicted molar refractivity (Wildman–Crippen MR) is 79.3 cm³/mol. The Morgan fingerprint density at radius 3 is 2.26 bits per heavy atom. The number of aryl methyl sites for hydroxylation is 2. The van der Waals surface area contributed by atoms with Crippen molar-refractivity contribution in [2.45, 2.75) is 13.8 Å². The Bertz CT molecular complexity index is 607. The molecule has 0 unspecified atom stereocenters. The van der Waals surface area contributed by atoms with Crippen LogP contribution in [-0.4, -0.2) is 23.5 Å². The monoisotopic (exact) mass is 251 g/mol. The van der Waals surface area contributed by atoms with Crippen LogP contribution in [0.15, 0.2) is 48.5 Å². The van der Waals surface area contributed by atoms with Gasteiger partial charge < -0.3 is 0 Å². The molecule has 0 radical (unpaired) electrons. The Kier molecular flexibility index (Phi) is 3.08. The Morgan fingerprint density at radius 1 is 0.895 bits per heavy atom. The van der Waals surface area contributed by atoms with Crippen LogP contribution in [0.4, 0.5) is 5.69 Å². The van der Waals surface area contributed by atoms with Crippen LogP contribution < -0.4 is 5.32 Å². The van der Waals surface area contributed by atoms with Crippen molar-refractivity contribution in [3.63, 3.8) is 0 Å². The van der Waals surface area contributed by atoms with Crippen LogP contribution in [0.25, 0.3) is 0 Å². The summed E-state index contributed by atoms with van der Waals surface area (Å²) >= 11 is 0. The summed E-state index contributed by atoms with van der Waals surface area (Å²) in [6.07, 6.45) is 0. The van der Waals surface area contributed by atoms with E-state index in [0.717, 1.165) is 13.1 Å². The molecule has 1 heterocycles. The highest BCUT2D eigenvalue weighted by Crippen LogP contribution is 2.24. The van der Waals surface area contributed by atoms with Gasteiger partial charge in [0.2, 0.25) is 0 Å². The summed E-state index contributed by atoms with van der Waals surface area (Å²) in [5, 5.41) is 3.52. The van der Waals surface area contributed by atoms with E-state index in [1.165, 1.54) is 28.2 Å². The van der Waals surface area contributed by atoms with Gasteiger partial charge in [-0.2, -0.15) is 0 Å². The maximum atomic E-state index is 3.52. The number of nitrogens with one attached hydrogen (secondary N) is 1. The van der Waals surface area contributed by atoms with E-state index in [1.807, 2.05) is 0 Å². The third-order valence-corrected chi connectivity index (χ3v) is 3.65. The normalized spacial score (nSPS) is 14.6. The molecule has 1 aliphatic heterocycles. The van der Waals surface area contributed by atoms with Gasteiger partial charge in [0.1, 0.15) is 18.8 Å². The first-order chi connectivity index (χ1) is 9.27. The lowest BCUT2D eigenvalue weighted by Gasteiger charge is -2.10. The number of hydrogen-bond acceptors (Lipinski definition) is 1. The summed E-state index contributed by atoms with van der Waals surface area (Å²) in [7, 11) is 0. The van der Waals surface area contributed by atoms with Gasteiger partial charge in [-0.15, -0.1) is 0 Å². The van der Waals surface area contributed by atoms with E-state index < -0.39 is 0 Å². The minimum atomic E-state index is 0.998. The molecule has 1 N–H and O–H groups in total. The molecule has 0 saturated carbocycles. The molecule has 0 spiro atoms. The molecule has 96 valence electrons. The van der Waals surface area contributed by atoms with E-state index in [-0.39, 0.29) is 0 Å². The smallest absolute Gasteiger partial charge is 0.270 e. The minimum absolute atomic E-state index is 0.998. The minimum Gasteiger partial charge on any atom is -0.270 e. The standard InChI is InChI=1S/C17H18N2/c1-13-7-6-8-14(2)16(13)19-12-11-18-17(19)15-9-4-3-5-10-15/h3-10H,11-12H2,1-2H3/p+1. The number of hydrogen-bond donors (Lipinski definition) is 1. The molecule has 0 aliphatic carbocycles. The lowest BCUT2D eigenvalue weighted by Crippen LogP contribution is -2.22. The molecule has 2 heteroatoms. The highest BCUT2D eigenvalue weighted by molar-refractivity contribution is 5.96. The fourth-order valence-corrected chi connectivity index (χ4v) is 2.80. The van der Waals surface area contributed by atoms with Crippen LogP contribution in [0.1, 0.15) is 16.7 Å². The second-order valence-electron chi connectivity index (χ2n) is 5.03. The van der Waals surface area contributed by atoms with Crippen LogP contribution in [0.2, 0.25) is 0 Å². The maximum absolute atomic E-state index is 3.52. The SMILES string of the molecule is Cc1cccc(C)c1[N+]1=C(c2ccccc2)NCC1. The average Bonchev–Trinajstić information content (AvgIpc) is 2.89. The first-order valence-electron chi connectivity index (χ1n) is 6.77. The highest BCUT2D eigenvalue weighted by Gasteiger charge is 2.25. The molecule has 2 aromatic rings. The molecular weight excluding hydrogens is 232 g/mol. The third-order valence-electron chi connectivity index (χ3n) is 3.65. The number of para-hydroxylation sites is 1. The Hall–Kier alpha value is -2.09. The van der Waals surface area contributed by atoms with Crippen LogP contribution in [-0.2, 0) is 0 Å². The number of nitrogens with zero attached hydrogens (tertiary/aromatic N) is 1. The van der Waals surface area contributed by atoms with Crippen molar-refractivity contribution in [2.75, 3.05) is 13.1 Å². The maximum Gasteiger partial charge on any atom is 0.282 e. The van der Waals surface area contributed by atoms with Gasteiger partial charge in [-0.05, 0) is 37.1 Å². The number of amidine groups is 1. The fraction of sp³-hybridized carbons (Fsp3) is 0.235. The molecule has 1 aliphatic rings. The molecule has 3 rings (SSSR count). The van der Waals surface area contributed by atoms with Crippen LogP contribution >= 0.6 is 0 Å². The quantitative estimate of drug-likeness (QED) is 0.811. The van der Waals surface area contributed by atoms with Gasteiger partial charge in [0.25, 0.3) is 5.84 Å². The second kappa shape index (κ2) is 4.88. The molecule has 0 amide bonds. The van der Waals surface area contributed by atoms with Crippen molar-refractivity contribution in [3.8, 4) is 0 Å². The van der Waals surface area contributed by atoms with Crippen molar-refractivity contribution in [3.05, 3.63) is 65.2 Å². The van der Waals surface area contributed by atoms with Crippen LogP contribution in [0.5, 0.6) is 0 Å². The fourth-order valence-electron chi connectivity index (χ4n) is 2.80. The van der Waals surface area contributed by atoms with Crippen molar-refractivity contribution in [2.24, 2.45) is 0 Å². The van der Waals surface area contributed by atoms with Crippen molar-refractivity contribution < 1.29 is 4.58 Å². The molecule has 19 heavy (non-hydrogen) atoms. The summed E-state index contributed by atoms with van der Waals surface area (Å²) in [6.45, 7) is 6.39. The summed E-state index contributed by atoms with van der Waals surface area (Å²) in [5.74, 6) is 1.22. The van der Waals surface area contributed by atoms with Crippen molar-refractivity contribution >= 4 is 11.5 Å². The summed E-state index contributed by atoms with van der Waals surface area (Å²) in [6, 6.07) is 17.0. The van der Waals surface area contributed by atoms with Crippen molar-refractivity contribution in [1.82, 2.24) is 5.32 Å². The average molecular weight is 251 g/mol. The summed E-state index contributed by atoms with van der Waals surface area (Å²) < 4.78 is 2.40. The van der Waals surface area contributed by atoms with Gasteiger partial charge in [0, 0.05) is 0 Å². The number of benzene rings is 2. The lowest BCUT2D eigenvalue weighted by molar-refractivity contribution is -0.429. The molecule has 0 bridgehead atoms. The van der Waals surface area contributed by atoms with Gasteiger partial charge in [-0.1, -0.05) is 36.4 Å². The molecule has 0 aromatic heterocycles. The van der Waals surface area contributed by atoms with E-state index in [1.54, 1.807) is 0 Å². The third kappa shape index (κ3) is 2.14. The van der Waals surface area contributed by atoms with E-state index in [0.29, 0.717) is 0 Å². The van der Waals surface area contributed by atoms with Gasteiger partial charge in [-0.25, -0.2) is 4.58 Å². The van der Waals surface area contributed by atoms with Crippen LogP contribution in [0.3, 0.4) is 0 Å².